The number of nitrogens with zero attached hydrogens (tertiary/aromatic N) is 1. The minimum Gasteiger partial charge on any atom is -0.304 e. The van der Waals surface area contributed by atoms with E-state index in [9.17, 15) is 13.2 Å². The number of carbonyl (C=O) groups is 1. The minimum absolute atomic E-state index is 0.427. The Bertz CT molecular complexity index is 366. The lowest BCUT2D eigenvalue weighted by Gasteiger charge is -2.35. The number of hydrogen-bond acceptors (Lipinski definition) is 4. The zero-order valence-electron chi connectivity index (χ0n) is 7.91. The fourth-order valence-corrected chi connectivity index (χ4v) is 3.35. The van der Waals surface area contributed by atoms with Crippen LogP contribution in [0.2, 0.25) is 0 Å². The number of likely N-dealkylation sites (tertiary alicyclic amines) is 1. The molecule has 0 saturated carbocycles. The lowest BCUT2D eigenvalue weighted by molar-refractivity contribution is -0.125. The Labute approximate surface area is 82.8 Å². The van der Waals surface area contributed by atoms with Gasteiger partial charge in [0.25, 0.3) is 5.91 Å². The first kappa shape index (κ1) is 9.88. The Morgan fingerprint density at radius 3 is 2.71 bits per heavy atom. The van der Waals surface area contributed by atoms with Crippen molar-refractivity contribution in [3.8, 4) is 0 Å². The topological polar surface area (TPSA) is 78.5 Å². The van der Waals surface area contributed by atoms with Gasteiger partial charge in [-0.2, -0.15) is 13.1 Å². The van der Waals surface area contributed by atoms with Crippen LogP contribution in [0, 0.1) is 0 Å². The molecule has 0 aromatic heterocycles. The molecule has 1 unspecified atom stereocenters. The second-order valence-electron chi connectivity index (χ2n) is 3.96. The molecule has 1 amide bonds. The zero-order chi connectivity index (χ0) is 10.4. The first-order valence-electron chi connectivity index (χ1n) is 4.48. The molecule has 0 aliphatic carbocycles. The van der Waals surface area contributed by atoms with Gasteiger partial charge < -0.3 is 4.90 Å². The molecule has 0 aromatic carbocycles. The molecule has 0 aromatic rings. The zero-order valence-corrected chi connectivity index (χ0v) is 8.73. The van der Waals surface area contributed by atoms with Crippen molar-refractivity contribution in [2.45, 2.75) is 18.4 Å². The molecule has 2 N–H and O–H groups in total. The summed E-state index contributed by atoms with van der Waals surface area (Å²) in [5, 5.41) is 0. The summed E-state index contributed by atoms with van der Waals surface area (Å²) in [6.45, 7) is 1.34. The normalized spacial score (nSPS) is 37.4. The van der Waals surface area contributed by atoms with E-state index in [0.29, 0.717) is 13.0 Å². The summed E-state index contributed by atoms with van der Waals surface area (Å²) in [7, 11) is -1.73. The largest absolute Gasteiger partial charge is 0.304 e. The maximum Gasteiger partial charge on any atom is 0.302 e. The number of hydrogen-bond donors (Lipinski definition) is 2. The van der Waals surface area contributed by atoms with E-state index in [4.69, 9.17) is 0 Å². The van der Waals surface area contributed by atoms with Crippen molar-refractivity contribution in [2.75, 3.05) is 20.1 Å². The smallest absolute Gasteiger partial charge is 0.302 e. The van der Waals surface area contributed by atoms with Crippen LogP contribution in [0.1, 0.15) is 12.8 Å². The molecule has 0 bridgehead atoms. The lowest BCUT2D eigenvalue weighted by atomic mass is 9.90. The average Bonchev–Trinajstić information content (AvgIpc) is 2.20. The van der Waals surface area contributed by atoms with Crippen LogP contribution in [-0.2, 0) is 15.0 Å². The first-order valence-corrected chi connectivity index (χ1v) is 5.97. The molecule has 6 nitrogen and oxygen atoms in total. The van der Waals surface area contributed by atoms with Gasteiger partial charge in [0.15, 0.2) is 0 Å². The van der Waals surface area contributed by atoms with E-state index >= 15 is 0 Å². The highest BCUT2D eigenvalue weighted by Crippen LogP contribution is 2.24. The molecule has 2 heterocycles. The SMILES string of the molecule is CN1CCCC2(C1)NS(=O)(=O)NC2=O. The number of amides is 1. The summed E-state index contributed by atoms with van der Waals surface area (Å²) in [4.78, 5) is 13.5. The van der Waals surface area contributed by atoms with Crippen LogP contribution in [-0.4, -0.2) is 44.9 Å². The molecular formula is C7H13N3O3S. The van der Waals surface area contributed by atoms with Crippen molar-refractivity contribution in [3.63, 3.8) is 0 Å². The van der Waals surface area contributed by atoms with Crippen LogP contribution in [0.15, 0.2) is 0 Å². The van der Waals surface area contributed by atoms with E-state index in [1.165, 1.54) is 0 Å². The van der Waals surface area contributed by atoms with Gasteiger partial charge in [-0.1, -0.05) is 0 Å². The second-order valence-corrected chi connectivity index (χ2v) is 5.38. The van der Waals surface area contributed by atoms with Gasteiger partial charge in [0.05, 0.1) is 0 Å². The third kappa shape index (κ3) is 1.51. The second kappa shape index (κ2) is 2.91. The van der Waals surface area contributed by atoms with E-state index in [2.05, 4.69) is 4.72 Å². The highest BCUT2D eigenvalue weighted by atomic mass is 32.2. The number of piperidine rings is 1. The summed E-state index contributed by atoms with van der Waals surface area (Å²) in [6, 6.07) is 0. The van der Waals surface area contributed by atoms with Crippen LogP contribution < -0.4 is 9.44 Å². The fourth-order valence-electron chi connectivity index (χ4n) is 2.09. The van der Waals surface area contributed by atoms with Crippen LogP contribution in [0.25, 0.3) is 0 Å². The lowest BCUT2D eigenvalue weighted by Crippen LogP contribution is -2.57. The van der Waals surface area contributed by atoms with Crippen molar-refractivity contribution < 1.29 is 13.2 Å². The summed E-state index contributed by atoms with van der Waals surface area (Å²) in [5.74, 6) is -0.427. The van der Waals surface area contributed by atoms with Crippen molar-refractivity contribution in [1.82, 2.24) is 14.3 Å². The molecule has 2 fully saturated rings. The molecule has 0 radical (unpaired) electrons. The Morgan fingerprint density at radius 2 is 2.21 bits per heavy atom. The van der Waals surface area contributed by atoms with Gasteiger partial charge in [-0.25, -0.2) is 4.72 Å². The molecule has 2 aliphatic heterocycles. The third-order valence-corrected chi connectivity index (χ3v) is 3.79. The summed E-state index contributed by atoms with van der Waals surface area (Å²) < 4.78 is 26.7. The van der Waals surface area contributed by atoms with Crippen molar-refractivity contribution >= 4 is 16.1 Å². The molecule has 2 aliphatic rings. The quantitative estimate of drug-likeness (QED) is 0.515. The van der Waals surface area contributed by atoms with Crippen molar-refractivity contribution in [1.29, 1.82) is 0 Å². The van der Waals surface area contributed by atoms with Crippen molar-refractivity contribution in [2.24, 2.45) is 0 Å². The molecule has 1 atom stereocenters. The maximum atomic E-state index is 11.5. The van der Waals surface area contributed by atoms with Crippen LogP contribution >= 0.6 is 0 Å². The number of rotatable bonds is 0. The Hall–Kier alpha value is -0.660. The molecule has 1 spiro atoms. The standard InChI is InChI=1S/C7H13N3O3S/c1-10-4-2-3-7(5-10)6(11)8-14(12,13)9-7/h9H,2-5H2,1H3,(H,8,11). The predicted octanol–water partition coefficient (Wildman–Crippen LogP) is -1.58. The van der Waals surface area contributed by atoms with E-state index in [0.717, 1.165) is 13.0 Å². The summed E-state index contributed by atoms with van der Waals surface area (Å²) >= 11 is 0. The number of likely N-dealkylation sites (N-methyl/N-ethyl adjacent to an activating group) is 1. The number of carbonyl (C=O) groups excluding carboxylic acids is 1. The van der Waals surface area contributed by atoms with Gasteiger partial charge in [-0.3, -0.25) is 4.79 Å². The van der Waals surface area contributed by atoms with Gasteiger partial charge in [-0.15, -0.1) is 0 Å². The van der Waals surface area contributed by atoms with E-state index in [1.54, 1.807) is 0 Å². The van der Waals surface area contributed by atoms with E-state index in [1.807, 2.05) is 16.7 Å². The van der Waals surface area contributed by atoms with Gasteiger partial charge in [0.2, 0.25) is 0 Å². The first-order chi connectivity index (χ1) is 6.44. The third-order valence-electron chi connectivity index (χ3n) is 2.67. The predicted molar refractivity (Wildman–Crippen MR) is 49.7 cm³/mol. The number of nitrogens with one attached hydrogen (secondary N) is 2. The molecule has 80 valence electrons. The summed E-state index contributed by atoms with van der Waals surface area (Å²) in [6.07, 6.45) is 1.40. The van der Waals surface area contributed by atoms with E-state index in [-0.39, 0.29) is 0 Å². The monoisotopic (exact) mass is 219 g/mol. The Balaban J connectivity index is 2.28. The van der Waals surface area contributed by atoms with E-state index < -0.39 is 21.7 Å². The Morgan fingerprint density at radius 1 is 1.50 bits per heavy atom. The Kier molecular flexibility index (Phi) is 2.06. The maximum absolute atomic E-state index is 11.5. The van der Waals surface area contributed by atoms with Crippen LogP contribution in [0.5, 0.6) is 0 Å². The van der Waals surface area contributed by atoms with Gasteiger partial charge in [0.1, 0.15) is 5.54 Å². The van der Waals surface area contributed by atoms with Gasteiger partial charge in [0, 0.05) is 6.54 Å². The average molecular weight is 219 g/mol. The molecular weight excluding hydrogens is 206 g/mol. The van der Waals surface area contributed by atoms with Gasteiger partial charge in [-0.05, 0) is 26.4 Å². The van der Waals surface area contributed by atoms with Crippen LogP contribution in [0.4, 0.5) is 0 Å². The van der Waals surface area contributed by atoms with Gasteiger partial charge >= 0.3 is 10.2 Å². The molecule has 7 heteroatoms. The molecule has 14 heavy (non-hydrogen) atoms. The van der Waals surface area contributed by atoms with Crippen LogP contribution in [0.3, 0.4) is 0 Å². The molecule has 2 saturated heterocycles. The highest BCUT2D eigenvalue weighted by molar-refractivity contribution is 7.88. The summed E-state index contributed by atoms with van der Waals surface area (Å²) in [5.41, 5.74) is -0.925. The molecule has 2 rings (SSSR count). The highest BCUT2D eigenvalue weighted by Gasteiger charge is 2.50. The fraction of sp³-hybridized carbons (Fsp3) is 0.857. The minimum atomic E-state index is -3.60. The van der Waals surface area contributed by atoms with Crippen molar-refractivity contribution in [3.05, 3.63) is 0 Å².